The van der Waals surface area contributed by atoms with Gasteiger partial charge >= 0.3 is 5.69 Å². The number of nitrogens with zero attached hydrogens (tertiary/aromatic N) is 4. The Balaban J connectivity index is 1.31. The summed E-state index contributed by atoms with van der Waals surface area (Å²) in [4.78, 5) is 27.5. The Labute approximate surface area is 195 Å². The predicted octanol–water partition coefficient (Wildman–Crippen LogP) is 2.92. The first-order valence-corrected chi connectivity index (χ1v) is 11.8. The van der Waals surface area contributed by atoms with Crippen LogP contribution < -0.4 is 11.0 Å². The van der Waals surface area contributed by atoms with Gasteiger partial charge in [-0.3, -0.25) is 14.3 Å². The first-order chi connectivity index (χ1) is 16.0. The molecule has 1 amide bonds. The number of amides is 1. The van der Waals surface area contributed by atoms with Gasteiger partial charge in [0.1, 0.15) is 5.82 Å². The number of piperidine rings is 1. The summed E-state index contributed by atoms with van der Waals surface area (Å²) in [5.41, 5.74) is 3.34. The summed E-state index contributed by atoms with van der Waals surface area (Å²) < 4.78 is 3.39. The number of aryl methyl sites for hydroxylation is 1. The largest absolute Gasteiger partial charge is 0.351 e. The zero-order valence-corrected chi connectivity index (χ0v) is 19.5. The summed E-state index contributed by atoms with van der Waals surface area (Å²) in [5, 5.41) is 7.74. The molecule has 0 saturated carbocycles. The predicted molar refractivity (Wildman–Crippen MR) is 129 cm³/mol. The van der Waals surface area contributed by atoms with E-state index in [1.54, 1.807) is 9.25 Å². The second kappa shape index (κ2) is 10.6. The fraction of sp³-hybridized carbons (Fsp3) is 0.423. The third-order valence-electron chi connectivity index (χ3n) is 6.37. The van der Waals surface area contributed by atoms with Crippen molar-refractivity contribution in [3.8, 4) is 0 Å². The molecule has 0 radical (unpaired) electrons. The zero-order valence-electron chi connectivity index (χ0n) is 19.5. The third kappa shape index (κ3) is 5.79. The fourth-order valence-corrected chi connectivity index (χ4v) is 4.43. The van der Waals surface area contributed by atoms with Crippen LogP contribution in [-0.2, 0) is 24.4 Å². The number of benzene rings is 2. The maximum atomic E-state index is 12.9. The number of carbonyl (C=O) groups is 1. The first kappa shape index (κ1) is 23.0. The average molecular weight is 448 g/mol. The van der Waals surface area contributed by atoms with Crippen LogP contribution in [0.2, 0.25) is 0 Å². The number of rotatable bonds is 8. The number of hydrogen-bond donors (Lipinski definition) is 1. The molecule has 33 heavy (non-hydrogen) atoms. The molecule has 1 aromatic heterocycles. The molecule has 2 heterocycles. The van der Waals surface area contributed by atoms with Crippen molar-refractivity contribution >= 4 is 5.91 Å². The Kier molecular flexibility index (Phi) is 7.40. The standard InChI is InChI=1S/C26H33N5O2/c1-3-30-25(28-31(26(30)33)18-22-7-5-4-6-8-22)23-13-15-29(16-14-23)19-24(32)27-17-21-11-9-20(2)10-12-21/h4-12,23H,3,13-19H2,1-2H3,(H,27,32). The van der Waals surface area contributed by atoms with Crippen LogP contribution in [0.5, 0.6) is 0 Å². The molecule has 0 atom stereocenters. The Bertz CT molecular complexity index is 1110. The van der Waals surface area contributed by atoms with Crippen molar-refractivity contribution in [3.05, 3.63) is 87.6 Å². The topological polar surface area (TPSA) is 72.2 Å². The summed E-state index contributed by atoms with van der Waals surface area (Å²) in [6, 6.07) is 18.2. The minimum atomic E-state index is -0.0470. The maximum absolute atomic E-state index is 12.9. The third-order valence-corrected chi connectivity index (χ3v) is 6.37. The highest BCUT2D eigenvalue weighted by atomic mass is 16.2. The summed E-state index contributed by atoms with van der Waals surface area (Å²) in [6.45, 7) is 7.76. The van der Waals surface area contributed by atoms with Gasteiger partial charge in [0.05, 0.1) is 13.1 Å². The van der Waals surface area contributed by atoms with Crippen LogP contribution in [-0.4, -0.2) is 44.8 Å². The molecule has 0 bridgehead atoms. The first-order valence-electron chi connectivity index (χ1n) is 11.8. The molecule has 2 aromatic carbocycles. The van der Waals surface area contributed by atoms with Crippen LogP contribution in [0.3, 0.4) is 0 Å². The molecule has 7 heteroatoms. The quantitative estimate of drug-likeness (QED) is 0.576. The molecule has 7 nitrogen and oxygen atoms in total. The zero-order chi connectivity index (χ0) is 23.2. The van der Waals surface area contributed by atoms with Crippen molar-refractivity contribution in [2.24, 2.45) is 0 Å². The lowest BCUT2D eigenvalue weighted by molar-refractivity contribution is -0.122. The lowest BCUT2D eigenvalue weighted by Crippen LogP contribution is -2.41. The van der Waals surface area contributed by atoms with Crippen molar-refractivity contribution in [3.63, 3.8) is 0 Å². The Morgan fingerprint density at radius 3 is 2.39 bits per heavy atom. The van der Waals surface area contributed by atoms with Gasteiger partial charge < -0.3 is 5.32 Å². The van der Waals surface area contributed by atoms with E-state index in [2.05, 4.69) is 29.3 Å². The highest BCUT2D eigenvalue weighted by molar-refractivity contribution is 5.78. The van der Waals surface area contributed by atoms with Crippen LogP contribution in [0.4, 0.5) is 0 Å². The van der Waals surface area contributed by atoms with Crippen molar-refractivity contribution < 1.29 is 4.79 Å². The van der Waals surface area contributed by atoms with E-state index in [0.29, 0.717) is 26.2 Å². The van der Waals surface area contributed by atoms with E-state index in [4.69, 9.17) is 5.10 Å². The van der Waals surface area contributed by atoms with Gasteiger partial charge in [-0.1, -0.05) is 60.2 Å². The van der Waals surface area contributed by atoms with Crippen molar-refractivity contribution in [1.82, 2.24) is 24.6 Å². The molecular formula is C26H33N5O2. The van der Waals surface area contributed by atoms with Gasteiger partial charge in [-0.2, -0.15) is 5.10 Å². The Hall–Kier alpha value is -3.19. The van der Waals surface area contributed by atoms with Crippen molar-refractivity contribution in [2.75, 3.05) is 19.6 Å². The van der Waals surface area contributed by atoms with Gasteiger partial charge in [-0.15, -0.1) is 0 Å². The Morgan fingerprint density at radius 2 is 1.73 bits per heavy atom. The van der Waals surface area contributed by atoms with Gasteiger partial charge in [0.25, 0.3) is 0 Å². The molecule has 4 rings (SSSR count). The van der Waals surface area contributed by atoms with E-state index in [1.165, 1.54) is 5.56 Å². The van der Waals surface area contributed by atoms with E-state index in [0.717, 1.165) is 42.9 Å². The van der Waals surface area contributed by atoms with E-state index in [1.807, 2.05) is 49.4 Å². The number of carbonyl (C=O) groups excluding carboxylic acids is 1. The van der Waals surface area contributed by atoms with Crippen molar-refractivity contribution in [2.45, 2.75) is 52.2 Å². The Morgan fingerprint density at radius 1 is 1.03 bits per heavy atom. The van der Waals surface area contributed by atoms with Gasteiger partial charge in [0.2, 0.25) is 5.91 Å². The number of likely N-dealkylation sites (tertiary alicyclic amines) is 1. The van der Waals surface area contributed by atoms with Crippen LogP contribution in [0.15, 0.2) is 59.4 Å². The van der Waals surface area contributed by atoms with E-state index in [9.17, 15) is 9.59 Å². The van der Waals surface area contributed by atoms with Crippen LogP contribution >= 0.6 is 0 Å². The van der Waals surface area contributed by atoms with E-state index >= 15 is 0 Å². The molecular weight excluding hydrogens is 414 g/mol. The van der Waals surface area contributed by atoms with Crippen LogP contribution in [0, 0.1) is 6.92 Å². The molecule has 0 unspecified atom stereocenters. The van der Waals surface area contributed by atoms with E-state index < -0.39 is 0 Å². The SMILES string of the molecule is CCn1c(C2CCN(CC(=O)NCc3ccc(C)cc3)CC2)nn(Cc2ccccc2)c1=O. The highest BCUT2D eigenvalue weighted by Gasteiger charge is 2.27. The molecule has 174 valence electrons. The van der Waals surface area contributed by atoms with Crippen LogP contribution in [0.25, 0.3) is 0 Å². The number of hydrogen-bond acceptors (Lipinski definition) is 4. The van der Waals surface area contributed by atoms with Gasteiger partial charge in [-0.05, 0) is 50.9 Å². The minimum Gasteiger partial charge on any atom is -0.351 e. The van der Waals surface area contributed by atoms with Crippen molar-refractivity contribution in [1.29, 1.82) is 0 Å². The monoisotopic (exact) mass is 447 g/mol. The minimum absolute atomic E-state index is 0.0470. The normalized spacial score (nSPS) is 15.0. The maximum Gasteiger partial charge on any atom is 0.346 e. The van der Waals surface area contributed by atoms with Gasteiger partial charge in [-0.25, -0.2) is 9.48 Å². The molecule has 0 spiro atoms. The smallest absolute Gasteiger partial charge is 0.346 e. The molecule has 1 fully saturated rings. The van der Waals surface area contributed by atoms with E-state index in [-0.39, 0.29) is 17.5 Å². The summed E-state index contributed by atoms with van der Waals surface area (Å²) in [7, 11) is 0. The second-order valence-electron chi connectivity index (χ2n) is 8.84. The summed E-state index contributed by atoms with van der Waals surface area (Å²) in [6.07, 6.45) is 1.79. The lowest BCUT2D eigenvalue weighted by atomic mass is 9.96. The molecule has 0 aliphatic carbocycles. The number of aromatic nitrogens is 3. The average Bonchev–Trinajstić information content (AvgIpc) is 3.15. The molecule has 1 saturated heterocycles. The summed E-state index contributed by atoms with van der Waals surface area (Å²) in [5.74, 6) is 1.16. The fourth-order valence-electron chi connectivity index (χ4n) is 4.43. The second-order valence-corrected chi connectivity index (χ2v) is 8.84. The lowest BCUT2D eigenvalue weighted by Gasteiger charge is -2.30. The highest BCUT2D eigenvalue weighted by Crippen LogP contribution is 2.26. The molecule has 1 aliphatic rings. The van der Waals surface area contributed by atoms with Gasteiger partial charge in [0, 0.05) is 19.0 Å². The van der Waals surface area contributed by atoms with Crippen LogP contribution in [0.1, 0.15) is 48.2 Å². The molecule has 3 aromatic rings. The number of nitrogens with one attached hydrogen (secondary N) is 1. The van der Waals surface area contributed by atoms with Gasteiger partial charge in [0.15, 0.2) is 0 Å². The molecule has 1 N–H and O–H groups in total. The molecule has 1 aliphatic heterocycles. The summed E-state index contributed by atoms with van der Waals surface area (Å²) >= 11 is 0.